The average molecular weight is 452 g/mol. The standard InChI is InChI=1S/C12H14N4.C8H6O4.4H2O/c1-2-10(12-15-7-8-16-12)4-3-9(1)11-13-5-6-14-11;9-7(10)5-1-2-6(4-3-5)8(11)12;;;;/h1-4H,5-8H2,(H,13,14)(H,15,16);1-4H,(H,9,10)(H,11,12);4*1H2. The van der Waals surface area contributed by atoms with E-state index in [4.69, 9.17) is 10.2 Å². The highest BCUT2D eigenvalue weighted by molar-refractivity contribution is 6.03. The zero-order valence-electron chi connectivity index (χ0n) is 17.1. The summed E-state index contributed by atoms with van der Waals surface area (Å²) in [5.74, 6) is -0.111. The zero-order valence-corrected chi connectivity index (χ0v) is 17.1. The minimum absolute atomic E-state index is 0. The summed E-state index contributed by atoms with van der Waals surface area (Å²) in [7, 11) is 0. The highest BCUT2D eigenvalue weighted by Crippen LogP contribution is 2.08. The maximum Gasteiger partial charge on any atom is 0.335 e. The Bertz CT molecular complexity index is 852. The van der Waals surface area contributed by atoms with Crippen LogP contribution < -0.4 is 10.6 Å². The second-order valence-corrected chi connectivity index (χ2v) is 6.08. The number of benzene rings is 2. The first kappa shape index (κ1) is 30.4. The fourth-order valence-electron chi connectivity index (χ4n) is 2.72. The first-order valence-electron chi connectivity index (χ1n) is 8.78. The quantitative estimate of drug-likeness (QED) is 0.415. The molecule has 2 heterocycles. The monoisotopic (exact) mass is 452 g/mol. The number of rotatable bonds is 4. The minimum Gasteiger partial charge on any atom is -0.478 e. The second-order valence-electron chi connectivity index (χ2n) is 6.08. The molecule has 2 aliphatic heterocycles. The summed E-state index contributed by atoms with van der Waals surface area (Å²) in [6.07, 6.45) is 0. The molecule has 0 saturated carbocycles. The van der Waals surface area contributed by atoms with Crippen molar-refractivity contribution in [1.29, 1.82) is 0 Å². The molecule has 176 valence electrons. The SMILES string of the molecule is O.O.O.O.O=C(O)c1ccc(C(=O)O)cc1.c1cc(C2=NCCN2)ccc1C1=NCCN1. The lowest BCUT2D eigenvalue weighted by atomic mass is 10.1. The third kappa shape index (κ3) is 7.77. The molecule has 0 atom stereocenters. The third-order valence-electron chi connectivity index (χ3n) is 4.16. The van der Waals surface area contributed by atoms with E-state index in [0.29, 0.717) is 0 Å². The van der Waals surface area contributed by atoms with Crippen molar-refractivity contribution in [2.24, 2.45) is 9.98 Å². The fourth-order valence-corrected chi connectivity index (χ4v) is 2.72. The average Bonchev–Trinajstić information content (AvgIpc) is 3.43. The maximum atomic E-state index is 10.3. The van der Waals surface area contributed by atoms with Crippen molar-refractivity contribution in [3.05, 3.63) is 70.8 Å². The molecule has 0 aliphatic carbocycles. The lowest BCUT2D eigenvalue weighted by Gasteiger charge is -2.05. The Morgan fingerprint density at radius 1 is 0.625 bits per heavy atom. The Morgan fingerprint density at radius 3 is 1.16 bits per heavy atom. The molecule has 32 heavy (non-hydrogen) atoms. The molecule has 4 rings (SSSR count). The second kappa shape index (κ2) is 14.2. The summed E-state index contributed by atoms with van der Waals surface area (Å²) in [5, 5.41) is 23.5. The third-order valence-corrected chi connectivity index (χ3v) is 4.16. The number of carboxylic acids is 2. The molecule has 0 radical (unpaired) electrons. The van der Waals surface area contributed by atoms with Crippen molar-refractivity contribution in [2.75, 3.05) is 26.2 Å². The Kier molecular flexibility index (Phi) is 13.5. The number of aromatic carboxylic acids is 2. The molecule has 0 amide bonds. The van der Waals surface area contributed by atoms with E-state index in [1.165, 1.54) is 24.3 Å². The summed E-state index contributed by atoms with van der Waals surface area (Å²) in [5.41, 5.74) is 2.47. The molecular weight excluding hydrogens is 424 g/mol. The van der Waals surface area contributed by atoms with Crippen LogP contribution in [0.15, 0.2) is 58.5 Å². The van der Waals surface area contributed by atoms with E-state index in [2.05, 4.69) is 44.9 Å². The van der Waals surface area contributed by atoms with Gasteiger partial charge < -0.3 is 42.8 Å². The highest BCUT2D eigenvalue weighted by Gasteiger charge is 2.10. The normalized spacial score (nSPS) is 12.9. The number of hydrogen-bond acceptors (Lipinski definition) is 6. The van der Waals surface area contributed by atoms with E-state index in [1.807, 2.05) is 0 Å². The molecule has 2 aromatic rings. The van der Waals surface area contributed by atoms with Crippen molar-refractivity contribution >= 4 is 23.6 Å². The lowest BCUT2D eigenvalue weighted by Crippen LogP contribution is -2.21. The van der Waals surface area contributed by atoms with Gasteiger partial charge in [-0.2, -0.15) is 0 Å². The van der Waals surface area contributed by atoms with Gasteiger partial charge in [-0.25, -0.2) is 9.59 Å². The van der Waals surface area contributed by atoms with Crippen LogP contribution in [0.3, 0.4) is 0 Å². The molecule has 2 aliphatic rings. The van der Waals surface area contributed by atoms with Crippen molar-refractivity contribution in [1.82, 2.24) is 10.6 Å². The molecule has 0 fully saturated rings. The van der Waals surface area contributed by atoms with Crippen molar-refractivity contribution in [3.8, 4) is 0 Å². The summed E-state index contributed by atoms with van der Waals surface area (Å²) in [6.45, 7) is 3.66. The van der Waals surface area contributed by atoms with Gasteiger partial charge in [0, 0.05) is 24.2 Å². The van der Waals surface area contributed by atoms with Crippen LogP contribution in [0.1, 0.15) is 31.8 Å². The Labute approximate surface area is 183 Å². The van der Waals surface area contributed by atoms with Crippen LogP contribution in [-0.2, 0) is 0 Å². The molecule has 0 unspecified atom stereocenters. The van der Waals surface area contributed by atoms with Gasteiger partial charge in [0.05, 0.1) is 24.2 Å². The number of hydrogen-bond donors (Lipinski definition) is 4. The zero-order chi connectivity index (χ0) is 19.9. The molecule has 0 bridgehead atoms. The number of amidine groups is 2. The summed E-state index contributed by atoms with van der Waals surface area (Å²) in [4.78, 5) is 29.5. The van der Waals surface area contributed by atoms with Crippen molar-refractivity contribution < 1.29 is 41.7 Å². The van der Waals surface area contributed by atoms with E-state index in [-0.39, 0.29) is 33.0 Å². The number of nitrogens with one attached hydrogen (secondary N) is 2. The van der Waals surface area contributed by atoms with Crippen LogP contribution in [0.25, 0.3) is 0 Å². The highest BCUT2D eigenvalue weighted by atomic mass is 16.4. The number of carboxylic acid groups (broad SMARTS) is 2. The van der Waals surface area contributed by atoms with Gasteiger partial charge in [-0.3, -0.25) is 9.98 Å². The topological polar surface area (TPSA) is 249 Å². The van der Waals surface area contributed by atoms with Crippen LogP contribution in [0.2, 0.25) is 0 Å². The van der Waals surface area contributed by atoms with Gasteiger partial charge in [-0.15, -0.1) is 0 Å². The lowest BCUT2D eigenvalue weighted by molar-refractivity contribution is 0.0681. The Balaban J connectivity index is 0. The van der Waals surface area contributed by atoms with Crippen LogP contribution in [-0.4, -0.2) is 81.9 Å². The van der Waals surface area contributed by atoms with Gasteiger partial charge in [0.15, 0.2) is 0 Å². The van der Waals surface area contributed by atoms with Gasteiger partial charge in [0.25, 0.3) is 0 Å². The van der Waals surface area contributed by atoms with Crippen LogP contribution in [0.4, 0.5) is 0 Å². The largest absolute Gasteiger partial charge is 0.478 e. The predicted octanol–water partition coefficient (Wildman–Crippen LogP) is -1.83. The molecule has 0 saturated heterocycles. The van der Waals surface area contributed by atoms with Crippen molar-refractivity contribution in [3.63, 3.8) is 0 Å². The molecule has 2 aromatic carbocycles. The van der Waals surface area contributed by atoms with Crippen molar-refractivity contribution in [2.45, 2.75) is 0 Å². The number of nitrogens with zero attached hydrogens (tertiary/aromatic N) is 2. The van der Waals surface area contributed by atoms with Gasteiger partial charge in [-0.1, -0.05) is 24.3 Å². The van der Waals surface area contributed by atoms with Crippen LogP contribution in [0, 0.1) is 0 Å². The Morgan fingerprint density at radius 2 is 0.938 bits per heavy atom. The maximum absolute atomic E-state index is 10.3. The predicted molar refractivity (Wildman–Crippen MR) is 120 cm³/mol. The van der Waals surface area contributed by atoms with E-state index < -0.39 is 11.9 Å². The molecular formula is C20H28N4O8. The molecule has 12 heteroatoms. The smallest absolute Gasteiger partial charge is 0.335 e. The summed E-state index contributed by atoms with van der Waals surface area (Å²) >= 11 is 0. The van der Waals surface area contributed by atoms with Gasteiger partial charge in [-0.05, 0) is 24.3 Å². The van der Waals surface area contributed by atoms with Gasteiger partial charge >= 0.3 is 11.9 Å². The fraction of sp³-hybridized carbons (Fsp3) is 0.200. The molecule has 0 aromatic heterocycles. The number of carbonyl (C=O) groups is 2. The first-order valence-corrected chi connectivity index (χ1v) is 8.78. The molecule has 0 spiro atoms. The van der Waals surface area contributed by atoms with Crippen LogP contribution >= 0.6 is 0 Å². The van der Waals surface area contributed by atoms with E-state index in [9.17, 15) is 9.59 Å². The minimum atomic E-state index is -1.06. The van der Waals surface area contributed by atoms with E-state index in [1.54, 1.807) is 0 Å². The van der Waals surface area contributed by atoms with Gasteiger partial charge in [0.2, 0.25) is 0 Å². The van der Waals surface area contributed by atoms with Crippen LogP contribution in [0.5, 0.6) is 0 Å². The number of aliphatic imine (C=N–C) groups is 2. The molecule has 12 nitrogen and oxygen atoms in total. The molecule has 12 N–H and O–H groups in total. The van der Waals surface area contributed by atoms with E-state index in [0.717, 1.165) is 49.0 Å². The Hall–Kier alpha value is -3.84. The summed E-state index contributed by atoms with van der Waals surface area (Å²) in [6, 6.07) is 13.4. The summed E-state index contributed by atoms with van der Waals surface area (Å²) < 4.78 is 0. The first-order chi connectivity index (χ1) is 13.5. The van der Waals surface area contributed by atoms with Gasteiger partial charge in [0.1, 0.15) is 11.7 Å². The van der Waals surface area contributed by atoms with E-state index >= 15 is 0 Å².